The molecule has 2 aliphatic rings. The first-order valence-corrected chi connectivity index (χ1v) is 6.96. The molecule has 0 spiro atoms. The molecule has 1 atom stereocenters. The monoisotopic (exact) mass is 257 g/mol. The molecule has 19 heavy (non-hydrogen) atoms. The molecule has 3 heteroatoms. The van der Waals surface area contributed by atoms with Crippen LogP contribution in [0.15, 0.2) is 29.8 Å². The molecule has 0 saturated carbocycles. The minimum absolute atomic E-state index is 0.00667. The molecule has 0 aliphatic carbocycles. The standard InChI is InChI=1S/C16H19NO2/c1-11-5-2-8-14(18)15(11)16(19)12-6-3-9-17-10-4-7-13(12)17/h2,5-6,8,13,18H,3-4,7,9-10H2,1H3/t13-/m0/s1. The normalized spacial score (nSPS) is 23.0. The lowest BCUT2D eigenvalue weighted by Crippen LogP contribution is -2.37. The highest BCUT2D eigenvalue weighted by atomic mass is 16.3. The number of phenols is 1. The van der Waals surface area contributed by atoms with Gasteiger partial charge in [-0.2, -0.15) is 0 Å². The lowest BCUT2D eigenvalue weighted by molar-refractivity contribution is 0.100. The summed E-state index contributed by atoms with van der Waals surface area (Å²) in [4.78, 5) is 15.1. The number of benzene rings is 1. The summed E-state index contributed by atoms with van der Waals surface area (Å²) in [5.74, 6) is 0.105. The Bertz CT molecular complexity index is 527. The second-order valence-electron chi connectivity index (χ2n) is 5.44. The van der Waals surface area contributed by atoms with Crippen molar-refractivity contribution in [3.8, 4) is 5.75 Å². The molecule has 2 heterocycles. The second kappa shape index (κ2) is 4.82. The summed E-state index contributed by atoms with van der Waals surface area (Å²) in [5.41, 5.74) is 2.21. The Morgan fingerprint density at radius 1 is 1.37 bits per heavy atom. The van der Waals surface area contributed by atoms with Crippen molar-refractivity contribution in [3.05, 3.63) is 41.0 Å². The van der Waals surface area contributed by atoms with Gasteiger partial charge in [-0.05, 0) is 44.4 Å². The van der Waals surface area contributed by atoms with Crippen LogP contribution in [0.25, 0.3) is 0 Å². The van der Waals surface area contributed by atoms with Crippen LogP contribution >= 0.6 is 0 Å². The number of fused-ring (bicyclic) bond motifs is 1. The van der Waals surface area contributed by atoms with E-state index in [-0.39, 0.29) is 17.6 Å². The molecule has 3 rings (SSSR count). The fourth-order valence-electron chi connectivity index (χ4n) is 3.30. The molecule has 2 aliphatic heterocycles. The summed E-state index contributed by atoms with van der Waals surface area (Å²) in [7, 11) is 0. The summed E-state index contributed by atoms with van der Waals surface area (Å²) in [5, 5.41) is 9.97. The van der Waals surface area contributed by atoms with Crippen molar-refractivity contribution in [3.63, 3.8) is 0 Å². The van der Waals surface area contributed by atoms with Crippen LogP contribution in [0.1, 0.15) is 35.2 Å². The predicted molar refractivity (Wildman–Crippen MR) is 74.5 cm³/mol. The van der Waals surface area contributed by atoms with E-state index in [1.807, 2.05) is 13.0 Å². The van der Waals surface area contributed by atoms with Gasteiger partial charge in [-0.25, -0.2) is 0 Å². The number of aromatic hydroxyl groups is 1. The van der Waals surface area contributed by atoms with Crippen molar-refractivity contribution in [2.24, 2.45) is 0 Å². The van der Waals surface area contributed by atoms with E-state index in [4.69, 9.17) is 0 Å². The lowest BCUT2D eigenvalue weighted by atomic mass is 9.90. The molecule has 0 unspecified atom stereocenters. The molecule has 1 saturated heterocycles. The van der Waals surface area contributed by atoms with Crippen LogP contribution < -0.4 is 0 Å². The molecule has 0 radical (unpaired) electrons. The van der Waals surface area contributed by atoms with E-state index in [1.54, 1.807) is 12.1 Å². The third-order valence-corrected chi connectivity index (χ3v) is 4.24. The highest BCUT2D eigenvalue weighted by molar-refractivity contribution is 6.12. The van der Waals surface area contributed by atoms with Crippen LogP contribution in [0, 0.1) is 6.92 Å². The van der Waals surface area contributed by atoms with Crippen LogP contribution in [0.3, 0.4) is 0 Å². The zero-order chi connectivity index (χ0) is 13.4. The van der Waals surface area contributed by atoms with Gasteiger partial charge in [0.1, 0.15) is 5.75 Å². The highest BCUT2D eigenvalue weighted by Gasteiger charge is 2.34. The Morgan fingerprint density at radius 2 is 2.21 bits per heavy atom. The van der Waals surface area contributed by atoms with E-state index >= 15 is 0 Å². The number of hydrogen-bond acceptors (Lipinski definition) is 3. The number of carbonyl (C=O) groups excluding carboxylic acids is 1. The van der Waals surface area contributed by atoms with Crippen LogP contribution in [-0.4, -0.2) is 34.9 Å². The van der Waals surface area contributed by atoms with Gasteiger partial charge < -0.3 is 5.11 Å². The largest absolute Gasteiger partial charge is 0.507 e. The maximum absolute atomic E-state index is 12.7. The summed E-state index contributed by atoms with van der Waals surface area (Å²) in [6, 6.07) is 5.51. The van der Waals surface area contributed by atoms with Crippen LogP contribution in [0.4, 0.5) is 0 Å². The van der Waals surface area contributed by atoms with Crippen LogP contribution in [-0.2, 0) is 0 Å². The molecule has 0 amide bonds. The van der Waals surface area contributed by atoms with Gasteiger partial charge in [0.2, 0.25) is 0 Å². The molecule has 0 aromatic heterocycles. The van der Waals surface area contributed by atoms with E-state index in [0.717, 1.165) is 43.5 Å². The van der Waals surface area contributed by atoms with E-state index < -0.39 is 0 Å². The number of hydrogen-bond donors (Lipinski definition) is 1. The zero-order valence-corrected chi connectivity index (χ0v) is 11.2. The Morgan fingerprint density at radius 3 is 3.00 bits per heavy atom. The Balaban J connectivity index is 1.98. The quantitative estimate of drug-likeness (QED) is 0.828. The van der Waals surface area contributed by atoms with E-state index in [9.17, 15) is 9.90 Å². The van der Waals surface area contributed by atoms with Gasteiger partial charge in [0.25, 0.3) is 0 Å². The number of aryl methyl sites for hydroxylation is 1. The summed E-state index contributed by atoms with van der Waals surface area (Å²) in [6.07, 6.45) is 5.23. The number of nitrogens with zero attached hydrogens (tertiary/aromatic N) is 1. The summed E-state index contributed by atoms with van der Waals surface area (Å²) in [6.45, 7) is 4.03. The van der Waals surface area contributed by atoms with Crippen molar-refractivity contribution < 1.29 is 9.90 Å². The van der Waals surface area contributed by atoms with Crippen molar-refractivity contribution in [2.75, 3.05) is 13.1 Å². The maximum Gasteiger partial charge on any atom is 0.194 e. The van der Waals surface area contributed by atoms with Gasteiger partial charge in [0.15, 0.2) is 5.78 Å². The second-order valence-corrected chi connectivity index (χ2v) is 5.44. The van der Waals surface area contributed by atoms with Gasteiger partial charge in [-0.1, -0.05) is 18.2 Å². The smallest absolute Gasteiger partial charge is 0.194 e. The van der Waals surface area contributed by atoms with E-state index in [0.29, 0.717) is 5.56 Å². The number of carbonyl (C=O) groups is 1. The Hall–Kier alpha value is -1.61. The molecule has 1 fully saturated rings. The van der Waals surface area contributed by atoms with E-state index in [1.165, 1.54) is 0 Å². The molecular weight excluding hydrogens is 238 g/mol. The topological polar surface area (TPSA) is 40.5 Å². The average Bonchev–Trinajstić information content (AvgIpc) is 2.86. The Kier molecular flexibility index (Phi) is 3.15. The first-order valence-electron chi connectivity index (χ1n) is 6.96. The molecule has 1 aromatic carbocycles. The molecular formula is C16H19NO2. The number of phenolic OH excluding ortho intramolecular Hbond substituents is 1. The SMILES string of the molecule is Cc1cccc(O)c1C(=O)C1=CCCN2CCC[C@@H]12. The molecule has 0 bridgehead atoms. The average molecular weight is 257 g/mol. The number of Topliss-reactive ketones (excluding diaryl/α,β-unsaturated/α-hetero) is 1. The predicted octanol–water partition coefficient (Wildman–Crippen LogP) is 2.68. The lowest BCUT2D eigenvalue weighted by Gasteiger charge is -2.30. The maximum atomic E-state index is 12.7. The fourth-order valence-corrected chi connectivity index (χ4v) is 3.30. The van der Waals surface area contributed by atoms with Gasteiger partial charge in [-0.15, -0.1) is 0 Å². The van der Waals surface area contributed by atoms with Crippen LogP contribution in [0.5, 0.6) is 5.75 Å². The van der Waals surface area contributed by atoms with Crippen LogP contribution in [0.2, 0.25) is 0 Å². The minimum Gasteiger partial charge on any atom is -0.507 e. The van der Waals surface area contributed by atoms with E-state index in [2.05, 4.69) is 11.0 Å². The third-order valence-electron chi connectivity index (χ3n) is 4.24. The summed E-state index contributed by atoms with van der Waals surface area (Å²) >= 11 is 0. The van der Waals surface area contributed by atoms with Crippen molar-refractivity contribution in [1.29, 1.82) is 0 Å². The summed E-state index contributed by atoms with van der Waals surface area (Å²) < 4.78 is 0. The van der Waals surface area contributed by atoms with Gasteiger partial charge in [-0.3, -0.25) is 9.69 Å². The van der Waals surface area contributed by atoms with Gasteiger partial charge in [0, 0.05) is 18.2 Å². The first-order chi connectivity index (χ1) is 9.18. The van der Waals surface area contributed by atoms with Gasteiger partial charge in [0.05, 0.1) is 5.56 Å². The molecule has 100 valence electrons. The Labute approximate surface area is 113 Å². The number of ketones is 1. The zero-order valence-electron chi connectivity index (χ0n) is 11.2. The van der Waals surface area contributed by atoms with Gasteiger partial charge >= 0.3 is 0 Å². The number of rotatable bonds is 2. The van der Waals surface area contributed by atoms with Crippen molar-refractivity contribution in [1.82, 2.24) is 4.90 Å². The minimum atomic E-state index is 0.00667. The highest BCUT2D eigenvalue weighted by Crippen LogP contribution is 2.32. The molecule has 3 nitrogen and oxygen atoms in total. The fraction of sp³-hybridized carbons (Fsp3) is 0.438. The van der Waals surface area contributed by atoms with Crippen molar-refractivity contribution in [2.45, 2.75) is 32.2 Å². The van der Waals surface area contributed by atoms with Crippen molar-refractivity contribution >= 4 is 5.78 Å². The first kappa shape index (κ1) is 12.4. The molecule has 1 aromatic rings. The molecule has 1 N–H and O–H groups in total. The third kappa shape index (κ3) is 2.08.